The molecule has 0 saturated carbocycles. The van der Waals surface area contributed by atoms with Crippen molar-refractivity contribution in [2.24, 2.45) is 0 Å². The van der Waals surface area contributed by atoms with Crippen molar-refractivity contribution in [1.82, 2.24) is 10.1 Å². The summed E-state index contributed by atoms with van der Waals surface area (Å²) in [6, 6.07) is 14.5. The quantitative estimate of drug-likeness (QED) is 0.529. The van der Waals surface area contributed by atoms with Crippen LogP contribution in [0.15, 0.2) is 53.1 Å². The standard InChI is InChI=1S/C25H25N3O5/c1-16-22(17(2)33-27-16)15-32-21-9-5-18(6-10-21)13-23(29)26-20-7-3-19(4-8-20)14-28-24(30)11-12-25(28)31/h3-10H,11-15H2,1-2H3,(H,26,29). The minimum atomic E-state index is -0.142. The first-order valence-electron chi connectivity index (χ1n) is 10.7. The second kappa shape index (κ2) is 9.68. The van der Waals surface area contributed by atoms with Crippen LogP contribution in [0.2, 0.25) is 0 Å². The van der Waals surface area contributed by atoms with E-state index in [-0.39, 0.29) is 43.5 Å². The third-order valence-electron chi connectivity index (χ3n) is 5.59. The Morgan fingerprint density at radius 3 is 2.24 bits per heavy atom. The van der Waals surface area contributed by atoms with Gasteiger partial charge >= 0.3 is 0 Å². The lowest BCUT2D eigenvalue weighted by molar-refractivity contribution is -0.139. The summed E-state index contributed by atoms with van der Waals surface area (Å²) >= 11 is 0. The number of benzene rings is 2. The van der Waals surface area contributed by atoms with E-state index in [0.717, 1.165) is 28.1 Å². The number of amides is 3. The molecule has 0 aliphatic carbocycles. The highest BCUT2D eigenvalue weighted by atomic mass is 16.5. The summed E-state index contributed by atoms with van der Waals surface area (Å²) < 4.78 is 10.9. The largest absolute Gasteiger partial charge is 0.489 e. The van der Waals surface area contributed by atoms with Crippen molar-refractivity contribution in [2.45, 2.75) is 46.3 Å². The second-order valence-corrected chi connectivity index (χ2v) is 8.03. The molecule has 1 N–H and O–H groups in total. The van der Waals surface area contributed by atoms with Crippen LogP contribution in [0.25, 0.3) is 0 Å². The molecule has 4 rings (SSSR count). The lowest BCUT2D eigenvalue weighted by Crippen LogP contribution is -2.28. The fourth-order valence-corrected chi connectivity index (χ4v) is 3.63. The molecule has 2 heterocycles. The van der Waals surface area contributed by atoms with Crippen LogP contribution in [-0.4, -0.2) is 27.8 Å². The summed E-state index contributed by atoms with van der Waals surface area (Å²) in [7, 11) is 0. The van der Waals surface area contributed by atoms with Crippen molar-refractivity contribution in [3.8, 4) is 5.75 Å². The number of nitrogens with zero attached hydrogens (tertiary/aromatic N) is 2. The number of hydrogen-bond donors (Lipinski definition) is 1. The van der Waals surface area contributed by atoms with Gasteiger partial charge in [0.2, 0.25) is 17.7 Å². The van der Waals surface area contributed by atoms with Gasteiger partial charge in [-0.3, -0.25) is 19.3 Å². The predicted octanol–water partition coefficient (Wildman–Crippen LogP) is 3.70. The summed E-state index contributed by atoms with van der Waals surface area (Å²) in [5.41, 5.74) is 4.10. The molecule has 1 aliphatic heterocycles. The highest BCUT2D eigenvalue weighted by Gasteiger charge is 2.28. The highest BCUT2D eigenvalue weighted by Crippen LogP contribution is 2.20. The van der Waals surface area contributed by atoms with Gasteiger partial charge in [-0.25, -0.2) is 0 Å². The minimum Gasteiger partial charge on any atom is -0.489 e. The lowest BCUT2D eigenvalue weighted by atomic mass is 10.1. The maximum absolute atomic E-state index is 12.4. The summed E-state index contributed by atoms with van der Waals surface area (Å²) in [6.45, 7) is 4.36. The fraction of sp³-hybridized carbons (Fsp3) is 0.280. The van der Waals surface area contributed by atoms with Gasteiger partial charge in [0.1, 0.15) is 18.1 Å². The number of hydrogen-bond acceptors (Lipinski definition) is 6. The third kappa shape index (κ3) is 5.46. The number of likely N-dealkylation sites (tertiary alicyclic amines) is 1. The molecular formula is C25H25N3O5. The second-order valence-electron chi connectivity index (χ2n) is 8.03. The van der Waals surface area contributed by atoms with Crippen molar-refractivity contribution in [1.29, 1.82) is 0 Å². The molecule has 3 amide bonds. The molecule has 170 valence electrons. The van der Waals surface area contributed by atoms with Crippen molar-refractivity contribution in [3.63, 3.8) is 0 Å². The summed E-state index contributed by atoms with van der Waals surface area (Å²) in [4.78, 5) is 37.2. The number of carbonyl (C=O) groups excluding carboxylic acids is 3. The average molecular weight is 447 g/mol. The molecular weight excluding hydrogens is 422 g/mol. The Morgan fingerprint density at radius 1 is 1.00 bits per heavy atom. The van der Waals surface area contributed by atoms with Gasteiger partial charge in [-0.2, -0.15) is 0 Å². The SMILES string of the molecule is Cc1noc(C)c1COc1ccc(CC(=O)Nc2ccc(CN3C(=O)CCC3=O)cc2)cc1. The Balaban J connectivity index is 1.27. The maximum atomic E-state index is 12.4. The molecule has 0 unspecified atom stereocenters. The number of anilines is 1. The predicted molar refractivity (Wildman–Crippen MR) is 120 cm³/mol. The van der Waals surface area contributed by atoms with E-state index in [1.54, 1.807) is 24.3 Å². The van der Waals surface area contributed by atoms with Crippen LogP contribution in [-0.2, 0) is 34.0 Å². The molecule has 8 heteroatoms. The number of imide groups is 1. The first-order chi connectivity index (χ1) is 15.9. The Bertz CT molecular complexity index is 1130. The Morgan fingerprint density at radius 2 is 1.64 bits per heavy atom. The zero-order valence-corrected chi connectivity index (χ0v) is 18.6. The molecule has 1 saturated heterocycles. The van der Waals surface area contributed by atoms with Gasteiger partial charge in [-0.05, 0) is 49.2 Å². The molecule has 0 spiro atoms. The van der Waals surface area contributed by atoms with E-state index in [1.165, 1.54) is 4.90 Å². The molecule has 0 bridgehead atoms. The van der Waals surface area contributed by atoms with E-state index in [4.69, 9.17) is 9.26 Å². The van der Waals surface area contributed by atoms with E-state index < -0.39 is 0 Å². The van der Waals surface area contributed by atoms with Crippen LogP contribution in [0.4, 0.5) is 5.69 Å². The molecule has 0 radical (unpaired) electrons. The Kier molecular flexibility index (Phi) is 6.53. The lowest BCUT2D eigenvalue weighted by Gasteiger charge is -2.14. The molecule has 1 aliphatic rings. The normalized spacial score (nSPS) is 13.5. The fourth-order valence-electron chi connectivity index (χ4n) is 3.63. The van der Waals surface area contributed by atoms with Gasteiger partial charge in [0, 0.05) is 18.5 Å². The van der Waals surface area contributed by atoms with Gasteiger partial charge in [0.15, 0.2) is 0 Å². The molecule has 1 fully saturated rings. The first-order valence-corrected chi connectivity index (χ1v) is 10.7. The summed E-state index contributed by atoms with van der Waals surface area (Å²) in [6.07, 6.45) is 0.783. The average Bonchev–Trinajstić information content (AvgIpc) is 3.29. The van der Waals surface area contributed by atoms with Gasteiger partial charge in [-0.1, -0.05) is 29.4 Å². The minimum absolute atomic E-state index is 0.141. The summed E-state index contributed by atoms with van der Waals surface area (Å²) in [5.74, 6) is 1.02. The first kappa shape index (κ1) is 22.3. The van der Waals surface area contributed by atoms with Gasteiger partial charge in [-0.15, -0.1) is 0 Å². The number of rotatable bonds is 8. The van der Waals surface area contributed by atoms with Crippen molar-refractivity contribution in [3.05, 3.63) is 76.7 Å². The molecule has 3 aromatic rings. The van der Waals surface area contributed by atoms with Crippen molar-refractivity contribution < 1.29 is 23.6 Å². The Hall–Kier alpha value is -3.94. The number of nitrogens with one attached hydrogen (secondary N) is 1. The van der Waals surface area contributed by atoms with Crippen molar-refractivity contribution >= 4 is 23.4 Å². The van der Waals surface area contributed by atoms with E-state index >= 15 is 0 Å². The van der Waals surface area contributed by atoms with Gasteiger partial charge < -0.3 is 14.6 Å². The number of ether oxygens (including phenoxy) is 1. The number of aromatic nitrogens is 1. The molecule has 1 aromatic heterocycles. The van der Waals surface area contributed by atoms with Crippen LogP contribution in [0, 0.1) is 13.8 Å². The number of aryl methyl sites for hydroxylation is 2. The molecule has 33 heavy (non-hydrogen) atoms. The van der Waals surface area contributed by atoms with Crippen LogP contribution in [0.3, 0.4) is 0 Å². The zero-order chi connectivity index (χ0) is 23.4. The van der Waals surface area contributed by atoms with E-state index in [1.807, 2.05) is 38.1 Å². The van der Waals surface area contributed by atoms with Crippen LogP contribution in [0.5, 0.6) is 5.75 Å². The van der Waals surface area contributed by atoms with Crippen LogP contribution >= 0.6 is 0 Å². The summed E-state index contributed by atoms with van der Waals surface area (Å²) in [5, 5.41) is 6.78. The van der Waals surface area contributed by atoms with Crippen molar-refractivity contribution in [2.75, 3.05) is 5.32 Å². The zero-order valence-electron chi connectivity index (χ0n) is 18.6. The third-order valence-corrected chi connectivity index (χ3v) is 5.59. The van der Waals surface area contributed by atoms with Crippen LogP contribution < -0.4 is 10.1 Å². The smallest absolute Gasteiger partial charge is 0.229 e. The highest BCUT2D eigenvalue weighted by molar-refractivity contribution is 6.01. The van der Waals surface area contributed by atoms with E-state index in [9.17, 15) is 14.4 Å². The maximum Gasteiger partial charge on any atom is 0.229 e. The van der Waals surface area contributed by atoms with Crippen LogP contribution in [0.1, 0.15) is 41.0 Å². The van der Waals surface area contributed by atoms with E-state index in [0.29, 0.717) is 18.0 Å². The number of carbonyl (C=O) groups is 3. The Labute approximate surface area is 191 Å². The topological polar surface area (TPSA) is 102 Å². The van der Waals surface area contributed by atoms with E-state index in [2.05, 4.69) is 10.5 Å². The molecule has 0 atom stereocenters. The molecule has 2 aromatic carbocycles. The molecule has 8 nitrogen and oxygen atoms in total. The van der Waals surface area contributed by atoms with Gasteiger partial charge in [0.25, 0.3) is 0 Å². The monoisotopic (exact) mass is 447 g/mol. The van der Waals surface area contributed by atoms with Gasteiger partial charge in [0.05, 0.1) is 24.2 Å².